The lowest BCUT2D eigenvalue weighted by Crippen LogP contribution is -2.64. The van der Waals surface area contributed by atoms with Crippen LogP contribution in [0, 0.1) is 0 Å². The normalized spacial score (nSPS) is 29.4. The number of benzene rings is 2. The second-order valence-corrected chi connectivity index (χ2v) is 7.55. The molecule has 2 fully saturated rings. The van der Waals surface area contributed by atoms with Gasteiger partial charge in [0.25, 0.3) is 0 Å². The van der Waals surface area contributed by atoms with Crippen molar-refractivity contribution in [1.29, 1.82) is 0 Å². The minimum absolute atomic E-state index is 0.101. The number of ether oxygens (including phenoxy) is 2. The van der Waals surface area contributed by atoms with Crippen LogP contribution < -0.4 is 5.32 Å². The first-order valence-corrected chi connectivity index (χ1v) is 10.3. The zero-order valence-electron chi connectivity index (χ0n) is 16.6. The standard InChI is InChI=1S/C23H30N2O3/c1-3-25(4-2)21-22(26)20(19-15-27-23(21)28-19)24-14-16-10-12-18(13-11-16)17-8-6-5-7-9-17/h5-13,19-24,26H,3-4,14-15H2,1-2H3/t19-,20+,21-,22-,23+/m0/s1. The van der Waals surface area contributed by atoms with Crippen LogP contribution in [0.25, 0.3) is 11.1 Å². The smallest absolute Gasteiger partial charge is 0.176 e. The van der Waals surface area contributed by atoms with E-state index in [4.69, 9.17) is 9.47 Å². The van der Waals surface area contributed by atoms with E-state index in [9.17, 15) is 5.11 Å². The Balaban J connectivity index is 1.42. The Hall–Kier alpha value is -1.76. The fourth-order valence-electron chi connectivity index (χ4n) is 4.37. The maximum absolute atomic E-state index is 11.0. The molecule has 28 heavy (non-hydrogen) atoms. The van der Waals surface area contributed by atoms with Gasteiger partial charge < -0.3 is 19.9 Å². The number of hydrogen-bond acceptors (Lipinski definition) is 5. The second-order valence-electron chi connectivity index (χ2n) is 7.55. The van der Waals surface area contributed by atoms with E-state index in [-0.39, 0.29) is 24.5 Å². The van der Waals surface area contributed by atoms with Crippen LogP contribution in [-0.2, 0) is 16.0 Å². The Morgan fingerprint density at radius 1 is 1.00 bits per heavy atom. The van der Waals surface area contributed by atoms with E-state index in [0.717, 1.165) is 13.1 Å². The van der Waals surface area contributed by atoms with E-state index in [1.807, 2.05) is 6.07 Å². The highest BCUT2D eigenvalue weighted by molar-refractivity contribution is 5.63. The molecule has 0 amide bonds. The average molecular weight is 383 g/mol. The average Bonchev–Trinajstić information content (AvgIpc) is 3.17. The highest BCUT2D eigenvalue weighted by Gasteiger charge is 2.51. The van der Waals surface area contributed by atoms with Gasteiger partial charge in [-0.2, -0.15) is 0 Å². The molecule has 4 rings (SSSR count). The van der Waals surface area contributed by atoms with Gasteiger partial charge in [0.15, 0.2) is 6.29 Å². The van der Waals surface area contributed by atoms with Crippen molar-refractivity contribution in [2.75, 3.05) is 19.7 Å². The van der Waals surface area contributed by atoms with E-state index in [1.54, 1.807) is 0 Å². The lowest BCUT2D eigenvalue weighted by molar-refractivity contribution is -0.181. The van der Waals surface area contributed by atoms with Gasteiger partial charge in [-0.25, -0.2) is 0 Å². The molecule has 2 N–H and O–H groups in total. The molecule has 2 aliphatic heterocycles. The number of nitrogens with zero attached hydrogens (tertiary/aromatic N) is 1. The van der Waals surface area contributed by atoms with Gasteiger partial charge in [0.2, 0.25) is 0 Å². The first-order valence-electron chi connectivity index (χ1n) is 10.3. The molecule has 150 valence electrons. The summed E-state index contributed by atoms with van der Waals surface area (Å²) in [6.07, 6.45) is -0.951. The molecule has 0 aliphatic carbocycles. The zero-order chi connectivity index (χ0) is 19.5. The van der Waals surface area contributed by atoms with Gasteiger partial charge in [0, 0.05) is 6.54 Å². The van der Waals surface area contributed by atoms with Crippen LogP contribution in [0.15, 0.2) is 54.6 Å². The van der Waals surface area contributed by atoms with E-state index < -0.39 is 6.10 Å². The van der Waals surface area contributed by atoms with Crippen molar-refractivity contribution in [1.82, 2.24) is 10.2 Å². The van der Waals surface area contributed by atoms with Crippen molar-refractivity contribution in [2.24, 2.45) is 0 Å². The topological polar surface area (TPSA) is 54.0 Å². The molecule has 2 aliphatic rings. The van der Waals surface area contributed by atoms with Crippen LogP contribution in [0.2, 0.25) is 0 Å². The molecule has 0 saturated carbocycles. The number of fused-ring (bicyclic) bond motifs is 2. The molecule has 0 spiro atoms. The number of aliphatic hydroxyl groups is 1. The Kier molecular flexibility index (Phi) is 6.09. The summed E-state index contributed by atoms with van der Waals surface area (Å²) in [4.78, 5) is 2.22. The quantitative estimate of drug-likeness (QED) is 0.771. The third-order valence-electron chi connectivity index (χ3n) is 5.97. The molecule has 0 aromatic heterocycles. The Labute approximate surface area is 167 Å². The first kappa shape index (κ1) is 19.6. The summed E-state index contributed by atoms with van der Waals surface area (Å²) in [5.74, 6) is 0. The highest BCUT2D eigenvalue weighted by atomic mass is 16.7. The molecular weight excluding hydrogens is 352 g/mol. The molecule has 0 unspecified atom stereocenters. The predicted octanol–water partition coefficient (Wildman–Crippen LogP) is 2.64. The Morgan fingerprint density at radius 3 is 2.36 bits per heavy atom. The predicted molar refractivity (Wildman–Crippen MR) is 110 cm³/mol. The van der Waals surface area contributed by atoms with Gasteiger partial charge in [-0.1, -0.05) is 68.4 Å². The Bertz CT molecular complexity index is 746. The third kappa shape index (κ3) is 3.86. The molecule has 5 atom stereocenters. The van der Waals surface area contributed by atoms with E-state index in [1.165, 1.54) is 16.7 Å². The van der Waals surface area contributed by atoms with Crippen LogP contribution in [0.4, 0.5) is 0 Å². The number of hydrogen-bond donors (Lipinski definition) is 2. The zero-order valence-corrected chi connectivity index (χ0v) is 16.6. The first-order chi connectivity index (χ1) is 13.7. The van der Waals surface area contributed by atoms with Crippen LogP contribution in [-0.4, -0.2) is 60.3 Å². The van der Waals surface area contributed by atoms with Crippen LogP contribution >= 0.6 is 0 Å². The van der Waals surface area contributed by atoms with E-state index in [0.29, 0.717) is 13.2 Å². The van der Waals surface area contributed by atoms with Crippen LogP contribution in [0.1, 0.15) is 19.4 Å². The van der Waals surface area contributed by atoms with Crippen molar-refractivity contribution in [3.05, 3.63) is 60.2 Å². The lowest BCUT2D eigenvalue weighted by Gasteiger charge is -2.43. The SMILES string of the molecule is CCN(CC)[C@@H]1[C@@H]2OC[C@H](O2)[C@@H](NCc2ccc(-c3ccccc3)cc2)[C@@H]1O. The van der Waals surface area contributed by atoms with Gasteiger partial charge in [-0.05, 0) is 29.8 Å². The summed E-state index contributed by atoms with van der Waals surface area (Å²) < 4.78 is 11.9. The molecule has 0 radical (unpaired) electrons. The molecule has 5 heteroatoms. The number of aliphatic hydroxyl groups excluding tert-OH is 1. The largest absolute Gasteiger partial charge is 0.390 e. The van der Waals surface area contributed by atoms with Crippen LogP contribution in [0.5, 0.6) is 0 Å². The minimum atomic E-state index is -0.519. The highest BCUT2D eigenvalue weighted by Crippen LogP contribution is 2.31. The monoisotopic (exact) mass is 382 g/mol. The molecule has 2 heterocycles. The minimum Gasteiger partial charge on any atom is -0.390 e. The summed E-state index contributed by atoms with van der Waals surface area (Å²) in [5, 5.41) is 14.6. The van der Waals surface area contributed by atoms with E-state index >= 15 is 0 Å². The third-order valence-corrected chi connectivity index (χ3v) is 5.97. The van der Waals surface area contributed by atoms with Gasteiger partial charge in [-0.15, -0.1) is 0 Å². The van der Waals surface area contributed by atoms with Crippen molar-refractivity contribution < 1.29 is 14.6 Å². The van der Waals surface area contributed by atoms with E-state index in [2.05, 4.69) is 72.6 Å². The summed E-state index contributed by atoms with van der Waals surface area (Å²) in [6.45, 7) is 7.15. The lowest BCUT2D eigenvalue weighted by atomic mass is 9.94. The second kappa shape index (κ2) is 8.72. The van der Waals surface area contributed by atoms with Gasteiger partial charge in [-0.3, -0.25) is 4.90 Å². The maximum atomic E-state index is 11.0. The van der Waals surface area contributed by atoms with Gasteiger partial charge in [0.1, 0.15) is 6.10 Å². The molecule has 5 nitrogen and oxygen atoms in total. The summed E-state index contributed by atoms with van der Waals surface area (Å²) in [6, 6.07) is 18.7. The van der Waals surface area contributed by atoms with Crippen molar-refractivity contribution >= 4 is 0 Å². The van der Waals surface area contributed by atoms with Crippen molar-refractivity contribution in [3.8, 4) is 11.1 Å². The Morgan fingerprint density at radius 2 is 1.68 bits per heavy atom. The summed E-state index contributed by atoms with van der Waals surface area (Å²) >= 11 is 0. The van der Waals surface area contributed by atoms with Gasteiger partial charge in [0.05, 0.1) is 24.8 Å². The molecule has 2 aromatic rings. The van der Waals surface area contributed by atoms with Crippen molar-refractivity contribution in [3.63, 3.8) is 0 Å². The fourth-order valence-corrected chi connectivity index (χ4v) is 4.37. The molecular formula is C23H30N2O3. The van der Waals surface area contributed by atoms with Crippen molar-refractivity contribution in [2.45, 2.75) is 51.0 Å². The summed E-state index contributed by atoms with van der Waals surface area (Å²) in [7, 11) is 0. The maximum Gasteiger partial charge on any atom is 0.176 e. The number of rotatable bonds is 7. The fraction of sp³-hybridized carbons (Fsp3) is 0.478. The van der Waals surface area contributed by atoms with Gasteiger partial charge >= 0.3 is 0 Å². The molecule has 2 saturated heterocycles. The van der Waals surface area contributed by atoms with Crippen LogP contribution in [0.3, 0.4) is 0 Å². The number of nitrogens with one attached hydrogen (secondary N) is 1. The summed E-state index contributed by atoms with van der Waals surface area (Å²) in [5.41, 5.74) is 3.61. The molecule has 2 bridgehead atoms. The number of likely N-dealkylation sites (N-methyl/N-ethyl adjacent to an activating group) is 1. The molecule has 2 aromatic carbocycles.